The third kappa shape index (κ3) is 1.99. The standard InChI is InChI=1S/C10H20N2/c11-7-10-3-1-2-6-12(10)8-9-4-5-9/h9-10H,1-8,11H2/t10-/m1/s1. The van der Waals surface area contributed by atoms with Crippen LogP contribution in [-0.4, -0.2) is 30.6 Å². The van der Waals surface area contributed by atoms with Gasteiger partial charge >= 0.3 is 0 Å². The summed E-state index contributed by atoms with van der Waals surface area (Å²) in [5, 5.41) is 0. The highest BCUT2D eigenvalue weighted by atomic mass is 15.2. The van der Waals surface area contributed by atoms with Crippen molar-refractivity contribution in [2.24, 2.45) is 11.7 Å². The van der Waals surface area contributed by atoms with Crippen LogP contribution in [0.5, 0.6) is 0 Å². The molecule has 0 amide bonds. The fourth-order valence-corrected chi connectivity index (χ4v) is 2.20. The molecule has 1 saturated carbocycles. The van der Waals surface area contributed by atoms with Gasteiger partial charge in [0.1, 0.15) is 0 Å². The summed E-state index contributed by atoms with van der Waals surface area (Å²) in [5.41, 5.74) is 5.75. The van der Waals surface area contributed by atoms with Crippen molar-refractivity contribution < 1.29 is 0 Å². The smallest absolute Gasteiger partial charge is 0.0218 e. The van der Waals surface area contributed by atoms with E-state index in [0.717, 1.165) is 12.5 Å². The van der Waals surface area contributed by atoms with Crippen LogP contribution >= 0.6 is 0 Å². The Balaban J connectivity index is 1.81. The third-order valence-corrected chi connectivity index (χ3v) is 3.21. The van der Waals surface area contributed by atoms with Crippen LogP contribution in [0.4, 0.5) is 0 Å². The molecule has 2 fully saturated rings. The van der Waals surface area contributed by atoms with Gasteiger partial charge in [-0.2, -0.15) is 0 Å². The molecular formula is C10H20N2. The number of hydrogen-bond donors (Lipinski definition) is 1. The van der Waals surface area contributed by atoms with Gasteiger partial charge in [-0.25, -0.2) is 0 Å². The van der Waals surface area contributed by atoms with Gasteiger partial charge in [-0.15, -0.1) is 0 Å². The van der Waals surface area contributed by atoms with Gasteiger partial charge in [-0.1, -0.05) is 6.42 Å². The molecule has 1 atom stereocenters. The Morgan fingerprint density at radius 1 is 1.17 bits per heavy atom. The van der Waals surface area contributed by atoms with Crippen molar-refractivity contribution >= 4 is 0 Å². The number of hydrogen-bond acceptors (Lipinski definition) is 2. The van der Waals surface area contributed by atoms with Crippen molar-refractivity contribution in [2.45, 2.75) is 38.1 Å². The van der Waals surface area contributed by atoms with Gasteiger partial charge in [-0.05, 0) is 38.1 Å². The van der Waals surface area contributed by atoms with Gasteiger partial charge in [0.15, 0.2) is 0 Å². The highest BCUT2D eigenvalue weighted by Gasteiger charge is 2.28. The van der Waals surface area contributed by atoms with Crippen molar-refractivity contribution in [3.8, 4) is 0 Å². The van der Waals surface area contributed by atoms with E-state index >= 15 is 0 Å². The maximum Gasteiger partial charge on any atom is 0.0218 e. The summed E-state index contributed by atoms with van der Waals surface area (Å²) in [5.74, 6) is 1.03. The van der Waals surface area contributed by atoms with Crippen molar-refractivity contribution in [2.75, 3.05) is 19.6 Å². The van der Waals surface area contributed by atoms with Crippen LogP contribution in [0.25, 0.3) is 0 Å². The summed E-state index contributed by atoms with van der Waals surface area (Å²) in [7, 11) is 0. The number of nitrogens with two attached hydrogens (primary N) is 1. The topological polar surface area (TPSA) is 29.3 Å². The Hall–Kier alpha value is -0.0800. The first kappa shape index (κ1) is 8.52. The lowest BCUT2D eigenvalue weighted by molar-refractivity contribution is 0.146. The second kappa shape index (κ2) is 3.75. The number of nitrogens with zero attached hydrogens (tertiary/aromatic N) is 1. The molecule has 0 radical (unpaired) electrons. The van der Waals surface area contributed by atoms with E-state index in [0.29, 0.717) is 6.04 Å². The molecule has 2 rings (SSSR count). The molecule has 0 spiro atoms. The average Bonchev–Trinajstić information content (AvgIpc) is 2.89. The van der Waals surface area contributed by atoms with Gasteiger partial charge in [0.2, 0.25) is 0 Å². The van der Waals surface area contributed by atoms with Crippen molar-refractivity contribution in [1.29, 1.82) is 0 Å². The summed E-state index contributed by atoms with van der Waals surface area (Å²) in [4.78, 5) is 2.63. The summed E-state index contributed by atoms with van der Waals surface area (Å²) in [6.45, 7) is 3.51. The van der Waals surface area contributed by atoms with E-state index < -0.39 is 0 Å². The molecule has 2 aliphatic rings. The van der Waals surface area contributed by atoms with Crippen LogP contribution in [-0.2, 0) is 0 Å². The zero-order valence-electron chi connectivity index (χ0n) is 7.84. The highest BCUT2D eigenvalue weighted by Crippen LogP contribution is 2.31. The molecule has 1 heterocycles. The van der Waals surface area contributed by atoms with Crippen LogP contribution in [0, 0.1) is 5.92 Å². The number of piperidine rings is 1. The van der Waals surface area contributed by atoms with E-state index in [2.05, 4.69) is 4.90 Å². The minimum absolute atomic E-state index is 0.708. The predicted molar refractivity (Wildman–Crippen MR) is 51.0 cm³/mol. The third-order valence-electron chi connectivity index (χ3n) is 3.21. The molecule has 12 heavy (non-hydrogen) atoms. The lowest BCUT2D eigenvalue weighted by Gasteiger charge is -2.34. The van der Waals surface area contributed by atoms with Crippen LogP contribution in [0.1, 0.15) is 32.1 Å². The predicted octanol–water partition coefficient (Wildman–Crippen LogP) is 1.21. The maximum atomic E-state index is 5.75. The van der Waals surface area contributed by atoms with E-state index in [-0.39, 0.29) is 0 Å². The zero-order chi connectivity index (χ0) is 8.39. The molecule has 2 nitrogen and oxygen atoms in total. The first-order chi connectivity index (χ1) is 5.90. The Labute approximate surface area is 75.1 Å². The van der Waals surface area contributed by atoms with Crippen LogP contribution in [0.2, 0.25) is 0 Å². The van der Waals surface area contributed by atoms with E-state index in [1.54, 1.807) is 0 Å². The molecule has 2 heteroatoms. The molecule has 1 saturated heterocycles. The molecule has 70 valence electrons. The Morgan fingerprint density at radius 3 is 2.67 bits per heavy atom. The summed E-state index contributed by atoms with van der Waals surface area (Å²) in [6.07, 6.45) is 7.05. The minimum atomic E-state index is 0.708. The normalized spacial score (nSPS) is 32.2. The summed E-state index contributed by atoms with van der Waals surface area (Å²) < 4.78 is 0. The molecular weight excluding hydrogens is 148 g/mol. The molecule has 0 unspecified atom stereocenters. The van der Waals surface area contributed by atoms with Crippen LogP contribution in [0.3, 0.4) is 0 Å². The number of likely N-dealkylation sites (tertiary alicyclic amines) is 1. The van der Waals surface area contributed by atoms with Crippen molar-refractivity contribution in [3.05, 3.63) is 0 Å². The fraction of sp³-hybridized carbons (Fsp3) is 1.00. The van der Waals surface area contributed by atoms with Gasteiger partial charge in [0, 0.05) is 19.1 Å². The summed E-state index contributed by atoms with van der Waals surface area (Å²) >= 11 is 0. The Bertz CT molecular complexity index is 143. The first-order valence-corrected chi connectivity index (χ1v) is 5.34. The van der Waals surface area contributed by atoms with E-state index in [1.165, 1.54) is 45.2 Å². The van der Waals surface area contributed by atoms with E-state index in [1.807, 2.05) is 0 Å². The van der Waals surface area contributed by atoms with Gasteiger partial charge in [-0.3, -0.25) is 4.90 Å². The maximum absolute atomic E-state index is 5.75. The van der Waals surface area contributed by atoms with Crippen LogP contribution < -0.4 is 5.73 Å². The largest absolute Gasteiger partial charge is 0.329 e. The van der Waals surface area contributed by atoms with Gasteiger partial charge in [0.05, 0.1) is 0 Å². The quantitative estimate of drug-likeness (QED) is 0.686. The molecule has 2 N–H and O–H groups in total. The molecule has 0 aromatic rings. The van der Waals surface area contributed by atoms with Crippen molar-refractivity contribution in [3.63, 3.8) is 0 Å². The highest BCUT2D eigenvalue weighted by molar-refractivity contribution is 4.83. The average molecular weight is 168 g/mol. The molecule has 0 aromatic heterocycles. The lowest BCUT2D eigenvalue weighted by Crippen LogP contribution is -2.44. The molecule has 1 aliphatic carbocycles. The molecule has 1 aliphatic heterocycles. The second-order valence-corrected chi connectivity index (χ2v) is 4.32. The first-order valence-electron chi connectivity index (χ1n) is 5.34. The van der Waals surface area contributed by atoms with Gasteiger partial charge in [0.25, 0.3) is 0 Å². The van der Waals surface area contributed by atoms with Crippen molar-refractivity contribution in [1.82, 2.24) is 4.90 Å². The number of rotatable bonds is 3. The SMILES string of the molecule is NC[C@H]1CCCCN1CC1CC1. The van der Waals surface area contributed by atoms with Gasteiger partial charge < -0.3 is 5.73 Å². The fourth-order valence-electron chi connectivity index (χ4n) is 2.20. The van der Waals surface area contributed by atoms with E-state index in [9.17, 15) is 0 Å². The molecule has 0 bridgehead atoms. The Morgan fingerprint density at radius 2 is 2.00 bits per heavy atom. The lowest BCUT2D eigenvalue weighted by atomic mass is 10.0. The Kier molecular flexibility index (Phi) is 2.66. The minimum Gasteiger partial charge on any atom is -0.329 e. The van der Waals surface area contributed by atoms with Crippen LogP contribution in [0.15, 0.2) is 0 Å². The van der Waals surface area contributed by atoms with E-state index in [4.69, 9.17) is 5.73 Å². The monoisotopic (exact) mass is 168 g/mol. The zero-order valence-corrected chi connectivity index (χ0v) is 7.84. The second-order valence-electron chi connectivity index (χ2n) is 4.32. The summed E-state index contributed by atoms with van der Waals surface area (Å²) in [6, 6.07) is 0.708. The molecule has 0 aromatic carbocycles.